The van der Waals surface area contributed by atoms with Crippen LogP contribution in [0, 0.1) is 0 Å². The maximum Gasteiger partial charge on any atom is 0.217 e. The number of pyridine rings is 1. The first kappa shape index (κ1) is 13.5. The molecular formula is C8H13ClN2O. The molecule has 12 heavy (non-hydrogen) atoms. The molecule has 1 heterocycles. The van der Waals surface area contributed by atoms with Crippen molar-refractivity contribution >= 4 is 18.3 Å². The van der Waals surface area contributed by atoms with Gasteiger partial charge in [-0.1, -0.05) is 13.0 Å². The van der Waals surface area contributed by atoms with Crippen molar-refractivity contribution in [1.29, 1.82) is 0 Å². The van der Waals surface area contributed by atoms with E-state index in [1.54, 1.807) is 19.3 Å². The minimum atomic E-state index is -0.245. The van der Waals surface area contributed by atoms with E-state index in [2.05, 4.69) is 10.7 Å². The molecule has 1 aromatic heterocycles. The Hall–Kier alpha value is -1.09. The summed E-state index contributed by atoms with van der Waals surface area (Å²) in [5.74, 6) is -0.245. The van der Waals surface area contributed by atoms with Crippen molar-refractivity contribution in [3.05, 3.63) is 30.6 Å². The summed E-state index contributed by atoms with van der Waals surface area (Å²) in [5.41, 5.74) is 4.65. The van der Waals surface area contributed by atoms with Gasteiger partial charge in [-0.2, -0.15) is 0 Å². The lowest BCUT2D eigenvalue weighted by molar-refractivity contribution is -0.117. The number of hydrogen-bond acceptors (Lipinski definition) is 2. The van der Waals surface area contributed by atoms with Crippen LogP contribution in [0.3, 0.4) is 0 Å². The van der Waals surface area contributed by atoms with E-state index < -0.39 is 0 Å². The van der Waals surface area contributed by atoms with E-state index in [0.717, 1.165) is 0 Å². The standard InChI is InChI=1S/C5H5N.C3H7NO.ClH/c1-2-4-6-5-3-1;1-2-3(4)5;/h1-5H;2H2,1H3,(H2,4,5);1H. The zero-order valence-electron chi connectivity index (χ0n) is 6.93. The van der Waals surface area contributed by atoms with E-state index in [1.165, 1.54) is 0 Å². The first-order valence-electron chi connectivity index (χ1n) is 3.40. The molecule has 0 aliphatic rings. The minimum absolute atomic E-state index is 0. The fourth-order valence-corrected chi connectivity index (χ4v) is 0.313. The smallest absolute Gasteiger partial charge is 0.217 e. The molecule has 4 heteroatoms. The quantitative estimate of drug-likeness (QED) is 0.724. The summed E-state index contributed by atoms with van der Waals surface area (Å²) in [7, 11) is 0. The van der Waals surface area contributed by atoms with Crippen LogP contribution >= 0.6 is 12.4 Å². The van der Waals surface area contributed by atoms with Crippen LogP contribution < -0.4 is 5.73 Å². The Kier molecular flexibility index (Phi) is 11.1. The number of hydrogen-bond donors (Lipinski definition) is 1. The van der Waals surface area contributed by atoms with E-state index in [1.807, 2.05) is 18.2 Å². The van der Waals surface area contributed by atoms with Crippen LogP contribution in [0.2, 0.25) is 0 Å². The first-order chi connectivity index (χ1) is 5.27. The normalized spacial score (nSPS) is 7.08. The van der Waals surface area contributed by atoms with Crippen molar-refractivity contribution < 1.29 is 4.79 Å². The Bertz CT molecular complexity index is 165. The summed E-state index contributed by atoms with van der Waals surface area (Å²) < 4.78 is 0. The second-order valence-corrected chi connectivity index (χ2v) is 1.84. The molecule has 3 nitrogen and oxygen atoms in total. The Morgan fingerprint density at radius 1 is 1.33 bits per heavy atom. The average Bonchev–Trinajstić information content (AvgIpc) is 2.09. The minimum Gasteiger partial charge on any atom is -0.370 e. The number of primary amides is 1. The number of nitrogens with two attached hydrogens (primary N) is 1. The monoisotopic (exact) mass is 188 g/mol. The van der Waals surface area contributed by atoms with Gasteiger partial charge in [0.05, 0.1) is 0 Å². The fraction of sp³-hybridized carbons (Fsp3) is 0.250. The molecule has 0 aliphatic heterocycles. The van der Waals surface area contributed by atoms with E-state index in [0.29, 0.717) is 6.42 Å². The van der Waals surface area contributed by atoms with Crippen molar-refractivity contribution in [1.82, 2.24) is 4.98 Å². The molecular weight excluding hydrogens is 176 g/mol. The molecule has 2 N–H and O–H groups in total. The van der Waals surface area contributed by atoms with Gasteiger partial charge in [0.25, 0.3) is 0 Å². The molecule has 68 valence electrons. The lowest BCUT2D eigenvalue weighted by Gasteiger charge is -1.73. The topological polar surface area (TPSA) is 56.0 Å². The molecule has 1 amide bonds. The van der Waals surface area contributed by atoms with Gasteiger partial charge in [-0.15, -0.1) is 12.4 Å². The summed E-state index contributed by atoms with van der Waals surface area (Å²) in [5, 5.41) is 0. The highest BCUT2D eigenvalue weighted by Gasteiger charge is 1.77. The SMILES string of the molecule is CCC(N)=O.Cl.c1ccncc1. The molecule has 1 aromatic rings. The van der Waals surface area contributed by atoms with E-state index in [9.17, 15) is 4.79 Å². The Morgan fingerprint density at radius 3 is 1.83 bits per heavy atom. The van der Waals surface area contributed by atoms with Gasteiger partial charge in [0.15, 0.2) is 0 Å². The first-order valence-corrected chi connectivity index (χ1v) is 3.40. The van der Waals surface area contributed by atoms with Crippen LogP contribution in [-0.4, -0.2) is 10.9 Å². The van der Waals surface area contributed by atoms with Gasteiger partial charge in [-0.3, -0.25) is 9.78 Å². The Labute approximate surface area is 78.4 Å². The average molecular weight is 189 g/mol. The molecule has 0 atom stereocenters. The van der Waals surface area contributed by atoms with Crippen LogP contribution in [0.1, 0.15) is 13.3 Å². The Morgan fingerprint density at radius 2 is 1.75 bits per heavy atom. The van der Waals surface area contributed by atoms with E-state index in [-0.39, 0.29) is 18.3 Å². The number of rotatable bonds is 1. The number of halogens is 1. The highest BCUT2D eigenvalue weighted by Crippen LogP contribution is 1.73. The maximum atomic E-state index is 9.59. The zero-order chi connectivity index (χ0) is 8.53. The second kappa shape index (κ2) is 9.91. The van der Waals surface area contributed by atoms with Gasteiger partial charge < -0.3 is 5.73 Å². The van der Waals surface area contributed by atoms with Crippen LogP contribution in [-0.2, 0) is 4.79 Å². The molecule has 0 spiro atoms. The van der Waals surface area contributed by atoms with Crippen LogP contribution in [0.4, 0.5) is 0 Å². The van der Waals surface area contributed by atoms with Crippen LogP contribution in [0.25, 0.3) is 0 Å². The molecule has 0 bridgehead atoms. The number of amides is 1. The van der Waals surface area contributed by atoms with E-state index >= 15 is 0 Å². The summed E-state index contributed by atoms with van der Waals surface area (Å²) in [4.78, 5) is 13.4. The molecule has 0 aromatic carbocycles. The van der Waals surface area contributed by atoms with E-state index in [4.69, 9.17) is 0 Å². The summed E-state index contributed by atoms with van der Waals surface area (Å²) >= 11 is 0. The molecule has 0 saturated carbocycles. The maximum absolute atomic E-state index is 9.59. The third-order valence-corrected chi connectivity index (χ3v) is 0.915. The lowest BCUT2D eigenvalue weighted by atomic mass is 10.5. The fourth-order valence-electron chi connectivity index (χ4n) is 0.313. The highest BCUT2D eigenvalue weighted by molar-refractivity contribution is 5.85. The predicted octanol–water partition coefficient (Wildman–Crippen LogP) is 1.39. The highest BCUT2D eigenvalue weighted by atomic mass is 35.5. The van der Waals surface area contributed by atoms with Crippen molar-refractivity contribution in [2.45, 2.75) is 13.3 Å². The van der Waals surface area contributed by atoms with Gasteiger partial charge in [-0.25, -0.2) is 0 Å². The molecule has 0 fully saturated rings. The largest absolute Gasteiger partial charge is 0.370 e. The third-order valence-electron chi connectivity index (χ3n) is 0.915. The summed E-state index contributed by atoms with van der Waals surface area (Å²) in [6.45, 7) is 1.72. The molecule has 0 radical (unpaired) electrons. The summed E-state index contributed by atoms with van der Waals surface area (Å²) in [6, 6.07) is 5.72. The van der Waals surface area contributed by atoms with Gasteiger partial charge in [0.2, 0.25) is 5.91 Å². The zero-order valence-corrected chi connectivity index (χ0v) is 7.75. The third kappa shape index (κ3) is 11.7. The van der Waals surface area contributed by atoms with Crippen LogP contribution in [0.5, 0.6) is 0 Å². The number of aromatic nitrogens is 1. The molecule has 0 aliphatic carbocycles. The number of carbonyl (C=O) groups excluding carboxylic acids is 1. The van der Waals surface area contributed by atoms with Crippen molar-refractivity contribution in [3.63, 3.8) is 0 Å². The van der Waals surface area contributed by atoms with Crippen molar-refractivity contribution in [2.24, 2.45) is 5.73 Å². The number of carbonyl (C=O) groups is 1. The molecule has 0 saturated heterocycles. The number of nitrogens with zero attached hydrogens (tertiary/aromatic N) is 1. The van der Waals surface area contributed by atoms with Crippen molar-refractivity contribution in [3.8, 4) is 0 Å². The summed E-state index contributed by atoms with van der Waals surface area (Å²) in [6.07, 6.45) is 3.94. The van der Waals surface area contributed by atoms with Gasteiger partial charge in [-0.05, 0) is 12.1 Å². The van der Waals surface area contributed by atoms with Crippen LogP contribution in [0.15, 0.2) is 30.6 Å². The second-order valence-electron chi connectivity index (χ2n) is 1.84. The van der Waals surface area contributed by atoms with Crippen molar-refractivity contribution in [2.75, 3.05) is 0 Å². The lowest BCUT2D eigenvalue weighted by Crippen LogP contribution is -2.06. The molecule has 1 rings (SSSR count). The van der Waals surface area contributed by atoms with Gasteiger partial charge >= 0.3 is 0 Å². The van der Waals surface area contributed by atoms with Gasteiger partial charge in [0, 0.05) is 18.8 Å². The molecule has 0 unspecified atom stereocenters. The predicted molar refractivity (Wildman–Crippen MR) is 51.0 cm³/mol. The van der Waals surface area contributed by atoms with Gasteiger partial charge in [0.1, 0.15) is 0 Å². The Balaban J connectivity index is 0.